The Morgan fingerprint density at radius 3 is 2.87 bits per heavy atom. The summed E-state index contributed by atoms with van der Waals surface area (Å²) in [6, 6.07) is 2.37. The Labute approximate surface area is 103 Å². The van der Waals surface area contributed by atoms with Crippen molar-refractivity contribution in [3.8, 4) is 11.8 Å². The molecular formula is C11H15BrN2S. The Morgan fingerprint density at radius 2 is 2.40 bits per heavy atom. The Hall–Kier alpha value is -0.340. The lowest BCUT2D eigenvalue weighted by atomic mass is 10.1. The van der Waals surface area contributed by atoms with E-state index in [1.54, 1.807) is 11.3 Å². The van der Waals surface area contributed by atoms with Crippen LogP contribution in [0.5, 0.6) is 0 Å². The fourth-order valence-corrected chi connectivity index (χ4v) is 2.97. The van der Waals surface area contributed by atoms with Gasteiger partial charge in [0.1, 0.15) is 0 Å². The van der Waals surface area contributed by atoms with Crippen LogP contribution in [-0.4, -0.2) is 0 Å². The van der Waals surface area contributed by atoms with Gasteiger partial charge in [0.05, 0.1) is 9.83 Å². The fourth-order valence-electron chi connectivity index (χ4n) is 1.30. The van der Waals surface area contributed by atoms with Crippen molar-refractivity contribution in [1.82, 2.24) is 5.43 Å². The van der Waals surface area contributed by atoms with Crippen molar-refractivity contribution in [3.05, 3.63) is 20.3 Å². The van der Waals surface area contributed by atoms with Crippen molar-refractivity contribution in [3.63, 3.8) is 0 Å². The highest BCUT2D eigenvalue weighted by Crippen LogP contribution is 2.32. The summed E-state index contributed by atoms with van der Waals surface area (Å²) >= 11 is 5.25. The zero-order valence-electron chi connectivity index (χ0n) is 8.93. The number of hydrogen-bond donors (Lipinski definition) is 2. The summed E-state index contributed by atoms with van der Waals surface area (Å²) in [5.41, 5.74) is 4.10. The van der Waals surface area contributed by atoms with Crippen molar-refractivity contribution in [2.24, 2.45) is 5.84 Å². The van der Waals surface area contributed by atoms with Crippen molar-refractivity contribution >= 4 is 27.3 Å². The van der Waals surface area contributed by atoms with E-state index in [1.807, 2.05) is 6.92 Å². The molecule has 0 aliphatic rings. The zero-order chi connectivity index (χ0) is 11.3. The summed E-state index contributed by atoms with van der Waals surface area (Å²) < 4.78 is 1.18. The third kappa shape index (κ3) is 3.62. The van der Waals surface area contributed by atoms with E-state index in [0.717, 1.165) is 12.8 Å². The van der Waals surface area contributed by atoms with Crippen LogP contribution in [-0.2, 0) is 0 Å². The first-order chi connectivity index (χ1) is 7.19. The molecule has 0 aliphatic carbocycles. The van der Waals surface area contributed by atoms with Crippen LogP contribution in [0.15, 0.2) is 9.85 Å². The van der Waals surface area contributed by atoms with Gasteiger partial charge >= 0.3 is 0 Å². The highest BCUT2D eigenvalue weighted by atomic mass is 79.9. The van der Waals surface area contributed by atoms with Gasteiger partial charge in [0.2, 0.25) is 0 Å². The normalized spacial score (nSPS) is 12.0. The molecule has 0 bridgehead atoms. The Bertz CT molecular complexity index is 356. The highest BCUT2D eigenvalue weighted by Gasteiger charge is 2.12. The van der Waals surface area contributed by atoms with Crippen molar-refractivity contribution in [1.29, 1.82) is 0 Å². The van der Waals surface area contributed by atoms with Gasteiger partial charge < -0.3 is 0 Å². The van der Waals surface area contributed by atoms with Gasteiger partial charge in [-0.2, -0.15) is 0 Å². The van der Waals surface area contributed by atoms with Gasteiger partial charge in [-0.15, -0.1) is 23.2 Å². The molecule has 1 heterocycles. The largest absolute Gasteiger partial charge is 0.271 e. The maximum atomic E-state index is 5.54. The number of hydrazine groups is 1. The molecule has 1 aromatic rings. The van der Waals surface area contributed by atoms with Gasteiger partial charge in [0, 0.05) is 11.3 Å². The summed E-state index contributed by atoms with van der Waals surface area (Å²) in [6.07, 6.45) is 1.82. The lowest BCUT2D eigenvalue weighted by Gasteiger charge is -2.11. The van der Waals surface area contributed by atoms with Crippen LogP contribution in [0.1, 0.15) is 36.2 Å². The molecule has 2 nitrogen and oxygen atoms in total. The van der Waals surface area contributed by atoms with Gasteiger partial charge in [0.25, 0.3) is 0 Å². The second kappa shape index (κ2) is 6.29. The lowest BCUT2D eigenvalue weighted by Crippen LogP contribution is -2.27. The van der Waals surface area contributed by atoms with Gasteiger partial charge in [-0.3, -0.25) is 11.3 Å². The fraction of sp³-hybridized carbons (Fsp3) is 0.455. The molecule has 1 rings (SSSR count). The average Bonchev–Trinajstić information content (AvgIpc) is 2.54. The van der Waals surface area contributed by atoms with E-state index in [0.29, 0.717) is 0 Å². The Kier molecular flexibility index (Phi) is 5.34. The Morgan fingerprint density at radius 1 is 1.67 bits per heavy atom. The minimum absolute atomic E-state index is 0.209. The number of nitrogens with one attached hydrogen (secondary N) is 1. The molecule has 3 N–H and O–H groups in total. The first kappa shape index (κ1) is 12.7. The van der Waals surface area contributed by atoms with Gasteiger partial charge in [-0.05, 0) is 47.8 Å². The molecule has 0 radical (unpaired) electrons. The van der Waals surface area contributed by atoms with Crippen LogP contribution >= 0.6 is 27.3 Å². The molecule has 4 heteroatoms. The number of hydrogen-bond acceptors (Lipinski definition) is 3. The van der Waals surface area contributed by atoms with Crippen molar-refractivity contribution < 1.29 is 0 Å². The molecule has 0 saturated heterocycles. The number of halogens is 1. The predicted molar refractivity (Wildman–Crippen MR) is 69.5 cm³/mol. The van der Waals surface area contributed by atoms with E-state index in [9.17, 15) is 0 Å². The van der Waals surface area contributed by atoms with Crippen LogP contribution in [0.3, 0.4) is 0 Å². The summed E-state index contributed by atoms with van der Waals surface area (Å²) in [7, 11) is 0. The maximum Gasteiger partial charge on any atom is 0.0731 e. The van der Waals surface area contributed by atoms with Crippen LogP contribution < -0.4 is 11.3 Å². The maximum absolute atomic E-state index is 5.54. The highest BCUT2D eigenvalue weighted by molar-refractivity contribution is 9.11. The van der Waals surface area contributed by atoms with Gasteiger partial charge in [-0.1, -0.05) is 0 Å². The second-order valence-corrected chi connectivity index (χ2v) is 5.69. The monoisotopic (exact) mass is 286 g/mol. The topological polar surface area (TPSA) is 38.0 Å². The minimum atomic E-state index is 0.209. The first-order valence-corrected chi connectivity index (χ1v) is 6.41. The molecule has 1 aromatic heterocycles. The third-order valence-electron chi connectivity index (χ3n) is 2.16. The van der Waals surface area contributed by atoms with Crippen LogP contribution in [0.25, 0.3) is 0 Å². The lowest BCUT2D eigenvalue weighted by molar-refractivity contribution is 0.531. The van der Waals surface area contributed by atoms with E-state index in [1.165, 1.54) is 14.2 Å². The van der Waals surface area contributed by atoms with Gasteiger partial charge in [0.15, 0.2) is 0 Å². The summed E-state index contributed by atoms with van der Waals surface area (Å²) in [6.45, 7) is 3.94. The minimum Gasteiger partial charge on any atom is -0.271 e. The number of nitrogens with two attached hydrogens (primary N) is 1. The van der Waals surface area contributed by atoms with Crippen LogP contribution in [0, 0.1) is 18.8 Å². The molecule has 0 fully saturated rings. The van der Waals surface area contributed by atoms with E-state index in [-0.39, 0.29) is 6.04 Å². The Balaban J connectivity index is 2.68. The van der Waals surface area contributed by atoms with Crippen molar-refractivity contribution in [2.75, 3.05) is 0 Å². The molecule has 0 aliphatic heterocycles. The zero-order valence-corrected chi connectivity index (χ0v) is 11.3. The van der Waals surface area contributed by atoms with Crippen LogP contribution in [0.2, 0.25) is 0 Å². The molecule has 1 atom stereocenters. The van der Waals surface area contributed by atoms with E-state index < -0.39 is 0 Å². The summed E-state index contributed by atoms with van der Waals surface area (Å²) in [5, 5.41) is 0. The molecule has 0 spiro atoms. The first-order valence-electron chi connectivity index (χ1n) is 4.80. The molecule has 0 saturated carbocycles. The standard InChI is InChI=1S/C11H15BrN2S/c1-3-4-5-6-9(14-13)10-7-8(2)11(12)15-10/h7,9,14H,5-6,13H2,1-2H3. The number of aryl methyl sites for hydroxylation is 1. The molecule has 0 amide bonds. The van der Waals surface area contributed by atoms with Gasteiger partial charge in [-0.25, -0.2) is 0 Å². The van der Waals surface area contributed by atoms with E-state index in [2.05, 4.69) is 46.2 Å². The predicted octanol–water partition coefficient (Wildman–Crippen LogP) is 3.13. The second-order valence-electron chi connectivity index (χ2n) is 3.29. The van der Waals surface area contributed by atoms with E-state index >= 15 is 0 Å². The quantitative estimate of drug-likeness (QED) is 0.507. The molecule has 0 aromatic carbocycles. The molecule has 1 unspecified atom stereocenters. The number of thiophene rings is 1. The molecule has 15 heavy (non-hydrogen) atoms. The summed E-state index contributed by atoms with van der Waals surface area (Å²) in [5.74, 6) is 11.5. The number of rotatable bonds is 4. The smallest absolute Gasteiger partial charge is 0.0731 e. The molecule has 82 valence electrons. The van der Waals surface area contributed by atoms with E-state index in [4.69, 9.17) is 5.84 Å². The molecular weight excluding hydrogens is 272 g/mol. The van der Waals surface area contributed by atoms with Crippen LogP contribution in [0.4, 0.5) is 0 Å². The summed E-state index contributed by atoms with van der Waals surface area (Å²) in [4.78, 5) is 1.26. The average molecular weight is 287 g/mol. The van der Waals surface area contributed by atoms with Crippen molar-refractivity contribution in [2.45, 2.75) is 32.7 Å². The third-order valence-corrected chi connectivity index (χ3v) is 4.41. The SMILES string of the molecule is CC#CCCC(NN)c1cc(C)c(Br)s1.